The molecule has 0 bridgehead atoms. The maximum atomic E-state index is 10.9. The summed E-state index contributed by atoms with van der Waals surface area (Å²) in [5.74, 6) is 0.140. The van der Waals surface area contributed by atoms with Crippen molar-refractivity contribution in [3.05, 3.63) is 16.7 Å². The Morgan fingerprint density at radius 1 is 1.62 bits per heavy atom. The minimum atomic E-state index is -0.401. The first-order valence-corrected chi connectivity index (χ1v) is 3.70. The molecule has 13 heavy (non-hydrogen) atoms. The minimum Gasteiger partial charge on any atom is -0.474 e. The first kappa shape index (κ1) is 9.53. The van der Waals surface area contributed by atoms with Gasteiger partial charge in [-0.1, -0.05) is 0 Å². The highest BCUT2D eigenvalue weighted by molar-refractivity contribution is 5.44. The molecule has 0 aliphatic carbocycles. The van der Waals surface area contributed by atoms with Crippen LogP contribution in [0.1, 0.15) is 0 Å². The van der Waals surface area contributed by atoms with E-state index in [1.54, 1.807) is 7.11 Å². The fraction of sp³-hybridized carbons (Fsp3) is 0.429. The number of nitrogens with zero attached hydrogens (tertiary/aromatic N) is 1. The number of nitrogen functional groups attached to an aromatic ring is 1. The summed E-state index contributed by atoms with van der Waals surface area (Å²) in [4.78, 5) is 17.0. The number of nitrogens with one attached hydrogen (secondary N) is 1. The second-order valence-electron chi connectivity index (χ2n) is 2.29. The van der Waals surface area contributed by atoms with E-state index in [0.29, 0.717) is 13.2 Å². The lowest BCUT2D eigenvalue weighted by atomic mass is 10.5. The summed E-state index contributed by atoms with van der Waals surface area (Å²) < 4.78 is 9.83. The average molecular weight is 185 g/mol. The Bertz CT molecular complexity index is 323. The molecule has 0 radical (unpaired) electrons. The summed E-state index contributed by atoms with van der Waals surface area (Å²) in [6, 6.07) is 0. The highest BCUT2D eigenvalue weighted by Crippen LogP contribution is 2.09. The Morgan fingerprint density at radius 2 is 2.38 bits per heavy atom. The average Bonchev–Trinajstić information content (AvgIpc) is 2.13. The van der Waals surface area contributed by atoms with Gasteiger partial charge in [-0.05, 0) is 0 Å². The van der Waals surface area contributed by atoms with Crippen molar-refractivity contribution in [1.29, 1.82) is 0 Å². The first-order chi connectivity index (χ1) is 6.25. The van der Waals surface area contributed by atoms with Gasteiger partial charge in [-0.15, -0.1) is 0 Å². The van der Waals surface area contributed by atoms with Gasteiger partial charge in [0.05, 0.1) is 12.9 Å². The number of aromatic amines is 1. The third kappa shape index (κ3) is 2.45. The molecular weight excluding hydrogens is 174 g/mol. The van der Waals surface area contributed by atoms with Crippen LogP contribution in [0, 0.1) is 0 Å². The largest absolute Gasteiger partial charge is 0.474 e. The van der Waals surface area contributed by atoms with E-state index in [1.165, 1.54) is 6.33 Å². The van der Waals surface area contributed by atoms with Gasteiger partial charge in [0.1, 0.15) is 6.61 Å². The third-order valence-electron chi connectivity index (χ3n) is 1.38. The van der Waals surface area contributed by atoms with E-state index >= 15 is 0 Å². The summed E-state index contributed by atoms with van der Waals surface area (Å²) in [6.07, 6.45) is 1.24. The van der Waals surface area contributed by atoms with Gasteiger partial charge in [-0.3, -0.25) is 4.79 Å². The van der Waals surface area contributed by atoms with Crippen LogP contribution >= 0.6 is 0 Å². The second kappa shape index (κ2) is 4.46. The fourth-order valence-corrected chi connectivity index (χ4v) is 0.731. The molecule has 0 aliphatic heterocycles. The van der Waals surface area contributed by atoms with E-state index in [4.69, 9.17) is 15.2 Å². The molecule has 0 aliphatic rings. The lowest BCUT2D eigenvalue weighted by Gasteiger charge is -2.04. The molecule has 1 aromatic rings. The number of H-pyrrole nitrogens is 1. The van der Waals surface area contributed by atoms with Gasteiger partial charge in [0, 0.05) is 7.11 Å². The zero-order valence-corrected chi connectivity index (χ0v) is 7.24. The van der Waals surface area contributed by atoms with Crippen molar-refractivity contribution in [3.8, 4) is 5.88 Å². The van der Waals surface area contributed by atoms with Crippen molar-refractivity contribution in [2.24, 2.45) is 0 Å². The number of rotatable bonds is 4. The van der Waals surface area contributed by atoms with E-state index in [-0.39, 0.29) is 11.6 Å². The number of nitrogens with two attached hydrogens (primary N) is 1. The zero-order valence-electron chi connectivity index (χ0n) is 7.24. The summed E-state index contributed by atoms with van der Waals surface area (Å²) in [7, 11) is 1.55. The molecule has 1 rings (SSSR count). The summed E-state index contributed by atoms with van der Waals surface area (Å²) in [5, 5.41) is 0. The predicted octanol–water partition coefficient (Wildman–Crippen LogP) is -0.623. The Balaban J connectivity index is 2.66. The molecule has 0 spiro atoms. The molecule has 0 saturated heterocycles. The normalized spacial score (nSPS) is 9.92. The molecular formula is C7H11N3O3. The highest BCUT2D eigenvalue weighted by Gasteiger charge is 2.04. The van der Waals surface area contributed by atoms with Gasteiger partial charge >= 0.3 is 0 Å². The highest BCUT2D eigenvalue weighted by atomic mass is 16.5. The van der Waals surface area contributed by atoms with E-state index in [1.807, 2.05) is 0 Å². The molecule has 0 saturated carbocycles. The van der Waals surface area contributed by atoms with E-state index in [9.17, 15) is 4.79 Å². The Labute approximate surface area is 74.7 Å². The molecule has 72 valence electrons. The van der Waals surface area contributed by atoms with Crippen molar-refractivity contribution in [1.82, 2.24) is 9.97 Å². The number of anilines is 1. The van der Waals surface area contributed by atoms with Crippen molar-refractivity contribution < 1.29 is 9.47 Å². The molecule has 0 atom stereocenters. The van der Waals surface area contributed by atoms with E-state index in [2.05, 4.69) is 9.97 Å². The van der Waals surface area contributed by atoms with Gasteiger partial charge in [-0.25, -0.2) is 4.98 Å². The Hall–Kier alpha value is -1.56. The number of aromatic nitrogens is 2. The van der Waals surface area contributed by atoms with Crippen LogP contribution in [0.15, 0.2) is 11.1 Å². The summed E-state index contributed by atoms with van der Waals surface area (Å²) in [6.45, 7) is 0.741. The van der Waals surface area contributed by atoms with Crippen LogP contribution in [-0.2, 0) is 4.74 Å². The van der Waals surface area contributed by atoms with E-state index in [0.717, 1.165) is 0 Å². The maximum absolute atomic E-state index is 10.9. The number of hydrogen-bond donors (Lipinski definition) is 2. The van der Waals surface area contributed by atoms with Gasteiger partial charge < -0.3 is 20.2 Å². The van der Waals surface area contributed by atoms with E-state index < -0.39 is 5.56 Å². The molecule has 1 heterocycles. The molecule has 6 nitrogen and oxygen atoms in total. The molecule has 1 aromatic heterocycles. The number of hydrogen-bond acceptors (Lipinski definition) is 5. The molecule has 0 amide bonds. The van der Waals surface area contributed by atoms with Crippen LogP contribution in [0.3, 0.4) is 0 Å². The Kier molecular flexibility index (Phi) is 3.27. The summed E-state index contributed by atoms with van der Waals surface area (Å²) in [5.41, 5.74) is 4.98. The number of ether oxygens (including phenoxy) is 2. The standard InChI is InChI=1S/C7H11N3O3/c1-12-2-3-13-7-5(8)6(11)9-4-10-7/h4H,2-3,8H2,1H3,(H,9,10,11). The lowest BCUT2D eigenvalue weighted by Crippen LogP contribution is -2.15. The molecule has 6 heteroatoms. The van der Waals surface area contributed by atoms with Crippen molar-refractivity contribution in [2.75, 3.05) is 26.1 Å². The fourth-order valence-electron chi connectivity index (χ4n) is 0.731. The smallest absolute Gasteiger partial charge is 0.277 e. The maximum Gasteiger partial charge on any atom is 0.277 e. The van der Waals surface area contributed by atoms with Crippen LogP contribution in [-0.4, -0.2) is 30.3 Å². The van der Waals surface area contributed by atoms with Gasteiger partial charge in [0.2, 0.25) is 5.88 Å². The lowest BCUT2D eigenvalue weighted by molar-refractivity contribution is 0.144. The second-order valence-corrected chi connectivity index (χ2v) is 2.29. The third-order valence-corrected chi connectivity index (χ3v) is 1.38. The van der Waals surface area contributed by atoms with Gasteiger partial charge in [0.15, 0.2) is 5.69 Å². The predicted molar refractivity (Wildman–Crippen MR) is 46.6 cm³/mol. The first-order valence-electron chi connectivity index (χ1n) is 3.70. The topological polar surface area (TPSA) is 90.2 Å². The molecule has 3 N–H and O–H groups in total. The monoisotopic (exact) mass is 185 g/mol. The molecule has 0 unspecified atom stereocenters. The summed E-state index contributed by atoms with van der Waals surface area (Å²) >= 11 is 0. The van der Waals surface area contributed by atoms with Crippen LogP contribution in [0.5, 0.6) is 5.88 Å². The molecule has 0 aromatic carbocycles. The number of methoxy groups -OCH3 is 1. The molecule has 0 fully saturated rings. The van der Waals surface area contributed by atoms with Crippen LogP contribution < -0.4 is 16.0 Å². The van der Waals surface area contributed by atoms with Gasteiger partial charge in [0.25, 0.3) is 5.56 Å². The SMILES string of the molecule is COCCOc1nc[nH]c(=O)c1N. The Morgan fingerprint density at radius 3 is 3.08 bits per heavy atom. The zero-order chi connectivity index (χ0) is 9.68. The van der Waals surface area contributed by atoms with Crippen molar-refractivity contribution >= 4 is 5.69 Å². The van der Waals surface area contributed by atoms with Crippen molar-refractivity contribution in [3.63, 3.8) is 0 Å². The van der Waals surface area contributed by atoms with Crippen molar-refractivity contribution in [2.45, 2.75) is 0 Å². The minimum absolute atomic E-state index is 0.0152. The van der Waals surface area contributed by atoms with Crippen LogP contribution in [0.25, 0.3) is 0 Å². The quantitative estimate of drug-likeness (QED) is 0.610. The van der Waals surface area contributed by atoms with Crippen LogP contribution in [0.2, 0.25) is 0 Å². The van der Waals surface area contributed by atoms with Crippen LogP contribution in [0.4, 0.5) is 5.69 Å². The van der Waals surface area contributed by atoms with Gasteiger partial charge in [-0.2, -0.15) is 0 Å².